The van der Waals surface area contributed by atoms with Gasteiger partial charge < -0.3 is 10.6 Å². The van der Waals surface area contributed by atoms with E-state index in [-0.39, 0.29) is 18.5 Å². The molecule has 4 amide bonds. The Morgan fingerprint density at radius 1 is 1.10 bits per heavy atom. The number of carbonyl (C=O) groups is 3. The Labute approximate surface area is 170 Å². The normalized spacial score (nSPS) is 27.2. The molecule has 2 N–H and O–H groups in total. The van der Waals surface area contributed by atoms with Gasteiger partial charge in [0.05, 0.1) is 0 Å². The second-order valence-corrected chi connectivity index (χ2v) is 8.50. The highest BCUT2D eigenvalue weighted by Gasteiger charge is 2.50. The zero-order valence-corrected chi connectivity index (χ0v) is 16.9. The van der Waals surface area contributed by atoms with Crippen molar-refractivity contribution in [2.45, 2.75) is 51.1 Å². The quantitative estimate of drug-likeness (QED) is 0.783. The summed E-state index contributed by atoms with van der Waals surface area (Å²) in [6.07, 6.45) is 4.07. The number of rotatable bonds is 4. The van der Waals surface area contributed by atoms with Crippen LogP contribution in [0.15, 0.2) is 42.5 Å². The number of benzene rings is 2. The van der Waals surface area contributed by atoms with Crippen molar-refractivity contribution in [3.05, 3.63) is 48.0 Å². The minimum Gasteiger partial charge on any atom is -0.352 e. The number of hydrogen-bond donors (Lipinski definition) is 2. The van der Waals surface area contributed by atoms with E-state index in [0.29, 0.717) is 5.92 Å². The Bertz CT molecular complexity index is 959. The third-order valence-electron chi connectivity index (χ3n) is 6.29. The first kappa shape index (κ1) is 19.4. The van der Waals surface area contributed by atoms with E-state index in [1.54, 1.807) is 6.92 Å². The number of carbonyl (C=O) groups excluding carboxylic acids is 3. The van der Waals surface area contributed by atoms with Crippen molar-refractivity contribution in [3.8, 4) is 0 Å². The van der Waals surface area contributed by atoms with Crippen LogP contribution in [0.4, 0.5) is 4.79 Å². The second kappa shape index (κ2) is 7.50. The number of imide groups is 1. The Hall–Kier alpha value is -2.89. The molecule has 0 spiro atoms. The predicted molar refractivity (Wildman–Crippen MR) is 111 cm³/mol. The monoisotopic (exact) mass is 393 g/mol. The van der Waals surface area contributed by atoms with Gasteiger partial charge in [0, 0.05) is 6.04 Å². The van der Waals surface area contributed by atoms with Crippen molar-refractivity contribution in [1.29, 1.82) is 0 Å². The van der Waals surface area contributed by atoms with Crippen molar-refractivity contribution < 1.29 is 14.4 Å². The molecule has 2 fully saturated rings. The van der Waals surface area contributed by atoms with E-state index in [9.17, 15) is 14.4 Å². The Morgan fingerprint density at radius 2 is 1.79 bits per heavy atom. The lowest BCUT2D eigenvalue weighted by Crippen LogP contribution is -2.46. The summed E-state index contributed by atoms with van der Waals surface area (Å²) in [4.78, 5) is 39.4. The molecule has 2 aromatic rings. The van der Waals surface area contributed by atoms with Crippen LogP contribution in [0.3, 0.4) is 0 Å². The van der Waals surface area contributed by atoms with E-state index in [1.807, 2.05) is 42.5 Å². The maximum Gasteiger partial charge on any atom is 0.325 e. The van der Waals surface area contributed by atoms with Crippen LogP contribution < -0.4 is 10.6 Å². The summed E-state index contributed by atoms with van der Waals surface area (Å²) in [5.41, 5.74) is -0.462. The summed E-state index contributed by atoms with van der Waals surface area (Å²) < 4.78 is 0. The Morgan fingerprint density at radius 3 is 2.55 bits per heavy atom. The van der Waals surface area contributed by atoms with E-state index in [1.165, 1.54) is 0 Å². The van der Waals surface area contributed by atoms with Crippen LogP contribution in [0.5, 0.6) is 0 Å². The number of nitrogens with zero attached hydrogens (tertiary/aromatic N) is 1. The first-order chi connectivity index (χ1) is 13.9. The van der Waals surface area contributed by atoms with Crippen molar-refractivity contribution in [3.63, 3.8) is 0 Å². The summed E-state index contributed by atoms with van der Waals surface area (Å²) >= 11 is 0. The molecule has 1 aliphatic carbocycles. The zero-order valence-electron chi connectivity index (χ0n) is 16.9. The van der Waals surface area contributed by atoms with E-state index in [0.717, 1.165) is 46.9 Å². The van der Waals surface area contributed by atoms with E-state index in [4.69, 9.17) is 0 Å². The molecular weight excluding hydrogens is 366 g/mol. The van der Waals surface area contributed by atoms with Gasteiger partial charge in [-0.2, -0.15) is 0 Å². The van der Waals surface area contributed by atoms with Crippen molar-refractivity contribution in [1.82, 2.24) is 15.5 Å². The summed E-state index contributed by atoms with van der Waals surface area (Å²) in [6, 6.07) is 13.1. The minimum atomic E-state index is -1.20. The van der Waals surface area contributed by atoms with Gasteiger partial charge in [0.1, 0.15) is 12.1 Å². The van der Waals surface area contributed by atoms with Gasteiger partial charge in [-0.05, 0) is 54.9 Å². The van der Waals surface area contributed by atoms with Crippen molar-refractivity contribution in [2.24, 2.45) is 5.92 Å². The fourth-order valence-electron chi connectivity index (χ4n) is 4.51. The molecule has 2 aliphatic rings. The fourth-order valence-corrected chi connectivity index (χ4v) is 4.51. The van der Waals surface area contributed by atoms with Crippen molar-refractivity contribution in [2.75, 3.05) is 6.54 Å². The molecule has 0 bridgehead atoms. The summed E-state index contributed by atoms with van der Waals surface area (Å²) in [5, 5.41) is 7.71. The lowest BCUT2D eigenvalue weighted by Gasteiger charge is -2.27. The number of fused-ring (bicyclic) bond motifs is 1. The Kier molecular flexibility index (Phi) is 5.03. The third-order valence-corrected chi connectivity index (χ3v) is 6.29. The van der Waals surface area contributed by atoms with Gasteiger partial charge in [-0.3, -0.25) is 14.5 Å². The molecule has 6 nitrogen and oxygen atoms in total. The SMILES string of the molecule is CC1CCC(NC(=O)CN2C(=O)NC(C)(c3cccc4ccccc34)C2=O)CC1. The molecule has 1 saturated carbocycles. The van der Waals surface area contributed by atoms with Crippen LogP contribution in [0.1, 0.15) is 45.1 Å². The molecule has 152 valence electrons. The average Bonchev–Trinajstić information content (AvgIpc) is 2.93. The molecule has 2 aromatic carbocycles. The van der Waals surface area contributed by atoms with Gasteiger partial charge in [-0.15, -0.1) is 0 Å². The van der Waals surface area contributed by atoms with E-state index in [2.05, 4.69) is 17.6 Å². The van der Waals surface area contributed by atoms with Crippen LogP contribution in [-0.4, -0.2) is 35.3 Å². The molecule has 0 radical (unpaired) electrons. The molecule has 1 heterocycles. The molecule has 4 rings (SSSR count). The molecule has 0 aromatic heterocycles. The first-order valence-electron chi connectivity index (χ1n) is 10.3. The number of amides is 4. The zero-order chi connectivity index (χ0) is 20.6. The fraction of sp³-hybridized carbons (Fsp3) is 0.435. The summed E-state index contributed by atoms with van der Waals surface area (Å²) in [7, 11) is 0. The Balaban J connectivity index is 1.51. The van der Waals surface area contributed by atoms with Gasteiger partial charge >= 0.3 is 6.03 Å². The topological polar surface area (TPSA) is 78.5 Å². The second-order valence-electron chi connectivity index (χ2n) is 8.50. The average molecular weight is 393 g/mol. The van der Waals surface area contributed by atoms with E-state index < -0.39 is 17.5 Å². The maximum atomic E-state index is 13.2. The smallest absolute Gasteiger partial charge is 0.325 e. The van der Waals surface area contributed by atoms with Crippen molar-refractivity contribution >= 4 is 28.6 Å². The lowest BCUT2D eigenvalue weighted by molar-refractivity contribution is -0.135. The van der Waals surface area contributed by atoms with Crippen LogP contribution in [0.25, 0.3) is 10.8 Å². The standard InChI is InChI=1S/C23H27N3O3/c1-15-10-12-17(13-11-15)24-20(27)14-26-21(28)23(2,25-22(26)29)19-9-5-7-16-6-3-4-8-18(16)19/h3-9,15,17H,10-14H2,1-2H3,(H,24,27)(H,25,29). The molecule has 1 saturated heterocycles. The van der Waals surface area contributed by atoms with Gasteiger partial charge in [0.25, 0.3) is 5.91 Å². The predicted octanol–water partition coefficient (Wildman–Crippen LogP) is 3.30. The summed E-state index contributed by atoms with van der Waals surface area (Å²) in [5.74, 6) is 0.0111. The largest absolute Gasteiger partial charge is 0.352 e. The van der Waals surface area contributed by atoms with Gasteiger partial charge in [-0.25, -0.2) is 4.79 Å². The molecule has 1 atom stereocenters. The highest BCUT2D eigenvalue weighted by molar-refractivity contribution is 6.10. The highest BCUT2D eigenvalue weighted by atomic mass is 16.2. The van der Waals surface area contributed by atoms with Crippen LogP contribution in [0.2, 0.25) is 0 Å². The highest BCUT2D eigenvalue weighted by Crippen LogP contribution is 2.33. The number of urea groups is 1. The molecule has 1 aliphatic heterocycles. The minimum absolute atomic E-state index is 0.129. The molecule has 6 heteroatoms. The number of hydrogen-bond acceptors (Lipinski definition) is 3. The summed E-state index contributed by atoms with van der Waals surface area (Å²) in [6.45, 7) is 3.67. The van der Waals surface area contributed by atoms with Crippen LogP contribution in [-0.2, 0) is 15.1 Å². The first-order valence-corrected chi connectivity index (χ1v) is 10.3. The maximum absolute atomic E-state index is 13.2. The van der Waals surface area contributed by atoms with Gasteiger partial charge in [0.2, 0.25) is 5.91 Å². The lowest BCUT2D eigenvalue weighted by atomic mass is 9.87. The molecule has 29 heavy (non-hydrogen) atoms. The van der Waals surface area contributed by atoms with Gasteiger partial charge in [-0.1, -0.05) is 49.4 Å². The van der Waals surface area contributed by atoms with Crippen LogP contribution in [0, 0.1) is 5.92 Å². The molecular formula is C23H27N3O3. The van der Waals surface area contributed by atoms with Crippen LogP contribution >= 0.6 is 0 Å². The van der Waals surface area contributed by atoms with Gasteiger partial charge in [0.15, 0.2) is 0 Å². The van der Waals surface area contributed by atoms with E-state index >= 15 is 0 Å². The molecule has 1 unspecified atom stereocenters. The number of nitrogens with one attached hydrogen (secondary N) is 2. The third kappa shape index (κ3) is 3.59.